The van der Waals surface area contributed by atoms with Gasteiger partial charge in [0.15, 0.2) is 5.16 Å². The van der Waals surface area contributed by atoms with Crippen LogP contribution in [0.3, 0.4) is 0 Å². The molecule has 0 bridgehead atoms. The van der Waals surface area contributed by atoms with Gasteiger partial charge < -0.3 is 9.88 Å². The largest absolute Gasteiger partial charge is 0.340 e. The van der Waals surface area contributed by atoms with Gasteiger partial charge in [-0.15, -0.1) is 0 Å². The van der Waals surface area contributed by atoms with Crippen molar-refractivity contribution in [3.63, 3.8) is 0 Å². The number of nitriles is 1. The van der Waals surface area contributed by atoms with Gasteiger partial charge in [-0.05, 0) is 37.1 Å². The Balaban J connectivity index is 1.76. The van der Waals surface area contributed by atoms with Crippen molar-refractivity contribution < 1.29 is 4.79 Å². The zero-order chi connectivity index (χ0) is 14.7. The second-order valence-corrected chi connectivity index (χ2v) is 5.98. The van der Waals surface area contributed by atoms with Gasteiger partial charge in [0.25, 0.3) is 0 Å². The van der Waals surface area contributed by atoms with E-state index in [-0.39, 0.29) is 11.2 Å². The van der Waals surface area contributed by atoms with E-state index in [0.29, 0.717) is 5.56 Å². The molecule has 1 aromatic heterocycles. The van der Waals surface area contributed by atoms with E-state index in [4.69, 9.17) is 5.26 Å². The van der Waals surface area contributed by atoms with E-state index in [1.165, 1.54) is 11.8 Å². The number of thioether (sulfide) groups is 1. The summed E-state index contributed by atoms with van der Waals surface area (Å²) in [6, 6.07) is 9.23. The number of carbonyl (C=O) groups excluding carboxylic acids is 1. The van der Waals surface area contributed by atoms with Gasteiger partial charge in [-0.25, -0.2) is 4.98 Å². The molecular formula is C15H14N4OS. The Bertz CT molecular complexity index is 660. The molecule has 0 spiro atoms. The first-order chi connectivity index (χ1) is 10.3. The van der Waals surface area contributed by atoms with Gasteiger partial charge in [-0.3, -0.25) is 4.79 Å². The number of imidazole rings is 1. The second-order valence-electron chi connectivity index (χ2n) is 4.79. The van der Waals surface area contributed by atoms with Crippen molar-refractivity contribution >= 4 is 23.4 Å². The average molecular weight is 298 g/mol. The third-order valence-corrected chi connectivity index (χ3v) is 4.59. The molecular weight excluding hydrogens is 284 g/mol. The number of anilines is 1. The predicted molar refractivity (Wildman–Crippen MR) is 81.0 cm³/mol. The molecule has 1 saturated heterocycles. The monoisotopic (exact) mass is 298 g/mol. The molecule has 1 aliphatic heterocycles. The molecule has 0 radical (unpaired) electrons. The van der Waals surface area contributed by atoms with Gasteiger partial charge in [0.2, 0.25) is 5.91 Å². The summed E-state index contributed by atoms with van der Waals surface area (Å²) >= 11 is 1.48. The lowest BCUT2D eigenvalue weighted by Gasteiger charge is -2.31. The van der Waals surface area contributed by atoms with Crippen LogP contribution in [-0.2, 0) is 4.79 Å². The number of nitrogens with zero attached hydrogens (tertiary/aromatic N) is 3. The van der Waals surface area contributed by atoms with Crippen molar-refractivity contribution in [2.75, 3.05) is 11.4 Å². The van der Waals surface area contributed by atoms with Crippen molar-refractivity contribution in [3.05, 3.63) is 42.2 Å². The van der Waals surface area contributed by atoms with Crippen LogP contribution < -0.4 is 4.90 Å². The molecule has 2 heterocycles. The van der Waals surface area contributed by atoms with Crippen LogP contribution in [0.15, 0.2) is 41.8 Å². The number of aromatic amines is 1. The van der Waals surface area contributed by atoms with E-state index in [1.54, 1.807) is 29.4 Å². The minimum atomic E-state index is -0.111. The number of piperidine rings is 1. The number of rotatable bonds is 3. The SMILES string of the molecule is N#Cc1ccc(N2CCC[C@H](Sc3ncc[nH]3)C2=O)cc1. The summed E-state index contributed by atoms with van der Waals surface area (Å²) in [5.41, 5.74) is 1.45. The maximum Gasteiger partial charge on any atom is 0.240 e. The Hall–Kier alpha value is -2.26. The molecule has 6 heteroatoms. The molecule has 0 aliphatic carbocycles. The zero-order valence-electron chi connectivity index (χ0n) is 11.3. The molecule has 5 nitrogen and oxygen atoms in total. The fraction of sp³-hybridized carbons (Fsp3) is 0.267. The Labute approximate surface area is 127 Å². The van der Waals surface area contributed by atoms with E-state index in [9.17, 15) is 4.79 Å². The standard InChI is InChI=1S/C15H14N4OS/c16-10-11-3-5-12(6-4-11)19-9-1-2-13(14(19)20)21-15-17-7-8-18-15/h3-8,13H,1-2,9H2,(H,17,18)/t13-/m0/s1. The van der Waals surface area contributed by atoms with E-state index in [2.05, 4.69) is 16.0 Å². The third kappa shape index (κ3) is 2.93. The number of H-pyrrole nitrogens is 1. The van der Waals surface area contributed by atoms with E-state index in [0.717, 1.165) is 30.2 Å². The molecule has 0 unspecified atom stereocenters. The topological polar surface area (TPSA) is 72.8 Å². The highest BCUT2D eigenvalue weighted by molar-refractivity contribution is 8.00. The molecule has 1 N–H and O–H groups in total. The van der Waals surface area contributed by atoms with Crippen LogP contribution in [0.25, 0.3) is 0 Å². The minimum absolute atomic E-state index is 0.104. The minimum Gasteiger partial charge on any atom is -0.340 e. The molecule has 1 aliphatic rings. The summed E-state index contributed by atoms with van der Waals surface area (Å²) in [5.74, 6) is 0.104. The zero-order valence-corrected chi connectivity index (χ0v) is 12.1. The van der Waals surface area contributed by atoms with Crippen LogP contribution in [-0.4, -0.2) is 27.7 Å². The molecule has 0 saturated carbocycles. The number of hydrogen-bond acceptors (Lipinski definition) is 4. The summed E-state index contributed by atoms with van der Waals surface area (Å²) in [4.78, 5) is 21.6. The second kappa shape index (κ2) is 6.02. The van der Waals surface area contributed by atoms with Gasteiger partial charge in [-0.2, -0.15) is 5.26 Å². The van der Waals surface area contributed by atoms with Crippen molar-refractivity contribution in [2.45, 2.75) is 23.2 Å². The van der Waals surface area contributed by atoms with Crippen molar-refractivity contribution in [2.24, 2.45) is 0 Å². The molecule has 106 valence electrons. The Morgan fingerprint density at radius 3 is 2.86 bits per heavy atom. The van der Waals surface area contributed by atoms with E-state index < -0.39 is 0 Å². The summed E-state index contributed by atoms with van der Waals surface area (Å²) in [6.07, 6.45) is 5.27. The lowest BCUT2D eigenvalue weighted by Crippen LogP contribution is -2.43. The summed E-state index contributed by atoms with van der Waals surface area (Å²) in [7, 11) is 0. The lowest BCUT2D eigenvalue weighted by molar-refractivity contribution is -0.119. The summed E-state index contributed by atoms with van der Waals surface area (Å²) in [5, 5.41) is 9.49. The Morgan fingerprint density at radius 1 is 1.38 bits per heavy atom. The maximum absolute atomic E-state index is 12.6. The van der Waals surface area contributed by atoms with Crippen LogP contribution in [0.4, 0.5) is 5.69 Å². The van der Waals surface area contributed by atoms with Gasteiger partial charge in [-0.1, -0.05) is 11.8 Å². The lowest BCUT2D eigenvalue weighted by atomic mass is 10.1. The quantitative estimate of drug-likeness (QED) is 0.945. The predicted octanol–water partition coefficient (Wildman–Crippen LogP) is 2.57. The first kappa shape index (κ1) is 13.7. The highest BCUT2D eigenvalue weighted by Gasteiger charge is 2.30. The van der Waals surface area contributed by atoms with Crippen LogP contribution in [0.2, 0.25) is 0 Å². The van der Waals surface area contributed by atoms with E-state index in [1.807, 2.05) is 12.1 Å². The third-order valence-electron chi connectivity index (χ3n) is 3.42. The summed E-state index contributed by atoms with van der Waals surface area (Å²) < 4.78 is 0. The number of hydrogen-bond donors (Lipinski definition) is 1. The normalized spacial score (nSPS) is 18.5. The number of aromatic nitrogens is 2. The fourth-order valence-corrected chi connectivity index (χ4v) is 3.41. The number of carbonyl (C=O) groups is 1. The smallest absolute Gasteiger partial charge is 0.240 e. The van der Waals surface area contributed by atoms with Gasteiger partial charge in [0, 0.05) is 24.6 Å². The molecule has 3 rings (SSSR count). The van der Waals surface area contributed by atoms with E-state index >= 15 is 0 Å². The first-order valence-electron chi connectivity index (χ1n) is 6.75. The van der Waals surface area contributed by atoms with Crippen molar-refractivity contribution in [1.29, 1.82) is 5.26 Å². The molecule has 21 heavy (non-hydrogen) atoms. The maximum atomic E-state index is 12.6. The summed E-state index contributed by atoms with van der Waals surface area (Å²) in [6.45, 7) is 0.722. The number of amides is 1. The molecule has 1 atom stereocenters. The van der Waals surface area contributed by atoms with Crippen LogP contribution >= 0.6 is 11.8 Å². The Morgan fingerprint density at radius 2 is 2.19 bits per heavy atom. The first-order valence-corrected chi connectivity index (χ1v) is 7.63. The highest BCUT2D eigenvalue weighted by atomic mass is 32.2. The fourth-order valence-electron chi connectivity index (χ4n) is 2.37. The molecule has 2 aromatic rings. The highest BCUT2D eigenvalue weighted by Crippen LogP contribution is 2.30. The molecule has 1 aromatic carbocycles. The van der Waals surface area contributed by atoms with Gasteiger partial charge in [0.05, 0.1) is 16.9 Å². The average Bonchev–Trinajstić information content (AvgIpc) is 3.03. The van der Waals surface area contributed by atoms with Crippen LogP contribution in [0, 0.1) is 11.3 Å². The Kier molecular flexibility index (Phi) is 3.93. The van der Waals surface area contributed by atoms with Crippen LogP contribution in [0.1, 0.15) is 18.4 Å². The van der Waals surface area contributed by atoms with Gasteiger partial charge in [0.1, 0.15) is 0 Å². The van der Waals surface area contributed by atoms with Crippen molar-refractivity contribution in [1.82, 2.24) is 9.97 Å². The molecule has 1 fully saturated rings. The molecule has 1 amide bonds. The van der Waals surface area contributed by atoms with Crippen LogP contribution in [0.5, 0.6) is 0 Å². The van der Waals surface area contributed by atoms with Crippen molar-refractivity contribution in [3.8, 4) is 6.07 Å². The number of nitrogens with one attached hydrogen (secondary N) is 1. The van der Waals surface area contributed by atoms with Gasteiger partial charge >= 0.3 is 0 Å². The number of benzene rings is 1.